The first kappa shape index (κ1) is 15.8. The predicted molar refractivity (Wildman–Crippen MR) is 87.0 cm³/mol. The van der Waals surface area contributed by atoms with E-state index in [1.807, 2.05) is 18.2 Å². The molecule has 1 amide bonds. The second-order valence-corrected chi connectivity index (χ2v) is 6.61. The number of nitrogens with zero attached hydrogens (tertiary/aromatic N) is 2. The quantitative estimate of drug-likeness (QED) is 0.857. The Labute approximate surface area is 144 Å². The summed E-state index contributed by atoms with van der Waals surface area (Å²) in [5.41, 5.74) is 0.738. The summed E-state index contributed by atoms with van der Waals surface area (Å²) in [4.78, 5) is 28.5. The Bertz CT molecular complexity index is 781. The summed E-state index contributed by atoms with van der Waals surface area (Å²) < 4.78 is 10.8. The highest BCUT2D eigenvalue weighted by molar-refractivity contribution is 5.87. The van der Waals surface area contributed by atoms with Crippen molar-refractivity contribution in [2.24, 2.45) is 5.92 Å². The van der Waals surface area contributed by atoms with E-state index in [-0.39, 0.29) is 24.8 Å². The molecule has 1 spiro atoms. The molecule has 0 unspecified atom stereocenters. The highest BCUT2D eigenvalue weighted by Crippen LogP contribution is 2.45. The van der Waals surface area contributed by atoms with Crippen LogP contribution in [0.4, 0.5) is 0 Å². The number of carbonyl (C=O) groups is 2. The number of hydrogen-bond acceptors (Lipinski definition) is 6. The Kier molecular flexibility index (Phi) is 3.99. The molecule has 2 fully saturated rings. The molecule has 1 atom stereocenters. The van der Waals surface area contributed by atoms with Crippen LogP contribution in [0.3, 0.4) is 0 Å². The molecule has 0 aromatic carbocycles. The van der Waals surface area contributed by atoms with Crippen LogP contribution in [-0.4, -0.2) is 27.6 Å². The minimum atomic E-state index is -0.596. The van der Waals surface area contributed by atoms with Crippen molar-refractivity contribution in [2.45, 2.75) is 44.2 Å². The van der Waals surface area contributed by atoms with Crippen LogP contribution < -0.4 is 5.32 Å². The molecule has 4 rings (SSSR count). The Hall–Kier alpha value is -2.70. The van der Waals surface area contributed by atoms with Crippen molar-refractivity contribution in [1.29, 1.82) is 0 Å². The van der Waals surface area contributed by atoms with Gasteiger partial charge in [-0.15, -0.1) is 0 Å². The van der Waals surface area contributed by atoms with Crippen molar-refractivity contribution < 1.29 is 18.8 Å². The average Bonchev–Trinajstić information content (AvgIpc) is 3.35. The Morgan fingerprint density at radius 2 is 2.12 bits per heavy atom. The second-order valence-electron chi connectivity index (χ2n) is 6.61. The fourth-order valence-corrected chi connectivity index (χ4v) is 3.78. The van der Waals surface area contributed by atoms with Crippen molar-refractivity contribution in [3.63, 3.8) is 0 Å². The lowest BCUT2D eigenvalue weighted by Crippen LogP contribution is -2.42. The normalized spacial score (nSPS) is 21.4. The SMILES string of the molecule is O=C1C[C@H](C(=O)NCc2cc(-c3ccccn3)no2)C2(CCCC2)O1. The Morgan fingerprint density at radius 1 is 1.28 bits per heavy atom. The molecule has 3 heterocycles. The van der Waals surface area contributed by atoms with Gasteiger partial charge in [0.05, 0.1) is 24.6 Å². The predicted octanol–water partition coefficient (Wildman–Crippen LogP) is 2.23. The molecule has 2 aromatic heterocycles. The van der Waals surface area contributed by atoms with Gasteiger partial charge in [-0.2, -0.15) is 0 Å². The minimum absolute atomic E-state index is 0.154. The van der Waals surface area contributed by atoms with Crippen LogP contribution in [0.25, 0.3) is 11.4 Å². The topological polar surface area (TPSA) is 94.3 Å². The third-order valence-corrected chi connectivity index (χ3v) is 5.01. The monoisotopic (exact) mass is 341 g/mol. The number of hydrogen-bond donors (Lipinski definition) is 1. The van der Waals surface area contributed by atoms with E-state index in [0.29, 0.717) is 17.1 Å². The smallest absolute Gasteiger partial charge is 0.307 e. The molecule has 2 aromatic rings. The number of aromatic nitrogens is 2. The van der Waals surface area contributed by atoms with E-state index in [2.05, 4.69) is 15.5 Å². The molecule has 7 heteroatoms. The number of pyridine rings is 1. The summed E-state index contributed by atoms with van der Waals surface area (Å²) in [5.74, 6) is -0.317. The first-order valence-corrected chi connectivity index (χ1v) is 8.53. The summed E-state index contributed by atoms with van der Waals surface area (Å²) in [5, 5.41) is 6.83. The third-order valence-electron chi connectivity index (χ3n) is 5.01. The first-order chi connectivity index (χ1) is 12.2. The zero-order chi connectivity index (χ0) is 17.3. The molecule has 1 saturated carbocycles. The van der Waals surface area contributed by atoms with Gasteiger partial charge in [0.15, 0.2) is 5.76 Å². The van der Waals surface area contributed by atoms with E-state index in [9.17, 15) is 9.59 Å². The Balaban J connectivity index is 1.41. The van der Waals surface area contributed by atoms with Crippen LogP contribution in [-0.2, 0) is 20.9 Å². The largest absolute Gasteiger partial charge is 0.458 e. The lowest BCUT2D eigenvalue weighted by atomic mass is 9.85. The van der Waals surface area contributed by atoms with E-state index < -0.39 is 11.5 Å². The van der Waals surface area contributed by atoms with Gasteiger partial charge in [-0.05, 0) is 37.8 Å². The van der Waals surface area contributed by atoms with Crippen molar-refractivity contribution >= 4 is 11.9 Å². The van der Waals surface area contributed by atoms with Gasteiger partial charge in [0.25, 0.3) is 0 Å². The number of rotatable bonds is 4. The summed E-state index contributed by atoms with van der Waals surface area (Å²) >= 11 is 0. The maximum atomic E-state index is 12.6. The minimum Gasteiger partial charge on any atom is -0.458 e. The summed E-state index contributed by atoms with van der Waals surface area (Å²) in [6.45, 7) is 0.222. The van der Waals surface area contributed by atoms with E-state index in [4.69, 9.17) is 9.26 Å². The summed E-state index contributed by atoms with van der Waals surface area (Å²) in [7, 11) is 0. The van der Waals surface area contributed by atoms with Crippen LogP contribution in [0.1, 0.15) is 37.9 Å². The van der Waals surface area contributed by atoms with Gasteiger partial charge in [0.1, 0.15) is 11.3 Å². The van der Waals surface area contributed by atoms with Crippen LogP contribution in [0.15, 0.2) is 35.0 Å². The molecule has 2 aliphatic rings. The fourth-order valence-electron chi connectivity index (χ4n) is 3.78. The van der Waals surface area contributed by atoms with E-state index in [1.165, 1.54) is 0 Å². The average molecular weight is 341 g/mol. The first-order valence-electron chi connectivity index (χ1n) is 8.53. The zero-order valence-electron chi connectivity index (χ0n) is 13.7. The summed E-state index contributed by atoms with van der Waals surface area (Å²) in [6.07, 6.45) is 5.36. The van der Waals surface area contributed by atoms with Gasteiger partial charge in [-0.1, -0.05) is 11.2 Å². The standard InChI is InChI=1S/C18H19N3O4/c22-16-10-13(18(24-16)6-2-3-7-18)17(23)20-11-12-9-15(21-25-12)14-5-1-4-8-19-14/h1,4-5,8-9,13H,2-3,6-7,10-11H2,(H,20,23)/t13-/m1/s1. The molecule has 1 N–H and O–H groups in total. The van der Waals surface area contributed by atoms with Gasteiger partial charge in [0.2, 0.25) is 5.91 Å². The van der Waals surface area contributed by atoms with Gasteiger partial charge in [-0.3, -0.25) is 14.6 Å². The lowest BCUT2D eigenvalue weighted by Gasteiger charge is -2.27. The molecule has 1 saturated heterocycles. The van der Waals surface area contributed by atoms with Gasteiger partial charge in [0, 0.05) is 12.3 Å². The van der Waals surface area contributed by atoms with Crippen LogP contribution in [0, 0.1) is 5.92 Å². The molecule has 25 heavy (non-hydrogen) atoms. The second kappa shape index (κ2) is 6.31. The van der Waals surface area contributed by atoms with Crippen LogP contribution in [0.5, 0.6) is 0 Å². The highest BCUT2D eigenvalue weighted by Gasteiger charge is 2.53. The van der Waals surface area contributed by atoms with E-state index >= 15 is 0 Å². The highest BCUT2D eigenvalue weighted by atomic mass is 16.6. The molecular weight excluding hydrogens is 322 g/mol. The molecule has 7 nitrogen and oxygen atoms in total. The van der Waals surface area contributed by atoms with E-state index in [0.717, 1.165) is 25.7 Å². The van der Waals surface area contributed by atoms with E-state index in [1.54, 1.807) is 12.3 Å². The maximum Gasteiger partial charge on any atom is 0.307 e. The number of nitrogens with one attached hydrogen (secondary N) is 1. The number of carbonyl (C=O) groups excluding carboxylic acids is 2. The number of amides is 1. The fraction of sp³-hybridized carbons (Fsp3) is 0.444. The molecule has 1 aliphatic heterocycles. The van der Waals surface area contributed by atoms with Crippen LogP contribution >= 0.6 is 0 Å². The molecular formula is C18H19N3O4. The van der Waals surface area contributed by atoms with Crippen molar-refractivity contribution in [2.75, 3.05) is 0 Å². The van der Waals surface area contributed by atoms with Gasteiger partial charge < -0.3 is 14.6 Å². The maximum absolute atomic E-state index is 12.6. The van der Waals surface area contributed by atoms with Gasteiger partial charge in [-0.25, -0.2) is 0 Å². The number of esters is 1. The lowest BCUT2D eigenvalue weighted by molar-refractivity contribution is -0.150. The Morgan fingerprint density at radius 3 is 2.88 bits per heavy atom. The molecule has 1 aliphatic carbocycles. The molecule has 0 radical (unpaired) electrons. The number of ether oxygens (including phenoxy) is 1. The van der Waals surface area contributed by atoms with Crippen molar-refractivity contribution in [3.8, 4) is 11.4 Å². The van der Waals surface area contributed by atoms with Crippen LogP contribution in [0.2, 0.25) is 0 Å². The third kappa shape index (κ3) is 3.01. The van der Waals surface area contributed by atoms with Crippen molar-refractivity contribution in [3.05, 3.63) is 36.2 Å². The van der Waals surface area contributed by atoms with Gasteiger partial charge >= 0.3 is 5.97 Å². The van der Waals surface area contributed by atoms with Crippen molar-refractivity contribution in [1.82, 2.24) is 15.5 Å². The zero-order valence-corrected chi connectivity index (χ0v) is 13.7. The molecule has 0 bridgehead atoms. The molecule has 130 valence electrons. The summed E-state index contributed by atoms with van der Waals surface area (Å²) in [6, 6.07) is 7.29.